The van der Waals surface area contributed by atoms with Gasteiger partial charge in [0, 0.05) is 18.6 Å². The number of carbonyl (C=O) groups is 2. The van der Waals surface area contributed by atoms with Crippen LogP contribution in [-0.4, -0.2) is 25.2 Å². The first-order valence-electron chi connectivity index (χ1n) is 9.28. The van der Waals surface area contributed by atoms with E-state index in [4.69, 9.17) is 9.47 Å². The maximum atomic E-state index is 11.5. The van der Waals surface area contributed by atoms with Crippen LogP contribution in [0.2, 0.25) is 0 Å². The fourth-order valence-electron chi connectivity index (χ4n) is 2.38. The van der Waals surface area contributed by atoms with Crippen LogP contribution in [0.4, 0.5) is 0 Å². The van der Waals surface area contributed by atoms with Crippen LogP contribution in [0.25, 0.3) is 0 Å². The SMILES string of the molecule is CCCCCCCCCOC(=O)/C=C/C(=O)OCCc1ccccc1. The minimum absolute atomic E-state index is 0.292. The van der Waals surface area contributed by atoms with E-state index < -0.39 is 11.9 Å². The number of esters is 2. The predicted octanol–water partition coefficient (Wildman–Crippen LogP) is 4.62. The first-order chi connectivity index (χ1) is 12.2. The van der Waals surface area contributed by atoms with E-state index in [9.17, 15) is 9.59 Å². The summed E-state index contributed by atoms with van der Waals surface area (Å²) < 4.78 is 10.1. The van der Waals surface area contributed by atoms with Crippen LogP contribution >= 0.6 is 0 Å². The molecule has 1 aromatic rings. The van der Waals surface area contributed by atoms with Crippen LogP contribution in [0.3, 0.4) is 0 Å². The number of hydrogen-bond donors (Lipinski definition) is 0. The van der Waals surface area contributed by atoms with Gasteiger partial charge >= 0.3 is 11.9 Å². The van der Waals surface area contributed by atoms with Gasteiger partial charge in [0.05, 0.1) is 13.2 Å². The van der Waals surface area contributed by atoms with Crippen LogP contribution in [0.5, 0.6) is 0 Å². The number of ether oxygens (including phenoxy) is 2. The third kappa shape index (κ3) is 12.0. The van der Waals surface area contributed by atoms with E-state index in [1.165, 1.54) is 32.1 Å². The van der Waals surface area contributed by atoms with Crippen molar-refractivity contribution in [3.63, 3.8) is 0 Å². The van der Waals surface area contributed by atoms with Crippen molar-refractivity contribution >= 4 is 11.9 Å². The highest BCUT2D eigenvalue weighted by Crippen LogP contribution is 2.07. The van der Waals surface area contributed by atoms with Gasteiger partial charge in [-0.05, 0) is 12.0 Å². The molecule has 1 rings (SSSR count). The Kier molecular flexibility index (Phi) is 11.9. The van der Waals surface area contributed by atoms with E-state index in [1.807, 2.05) is 30.3 Å². The lowest BCUT2D eigenvalue weighted by molar-refractivity contribution is -0.140. The van der Waals surface area contributed by atoms with E-state index in [1.54, 1.807) is 0 Å². The predicted molar refractivity (Wildman–Crippen MR) is 99.2 cm³/mol. The molecule has 0 fully saturated rings. The molecule has 0 unspecified atom stereocenters. The zero-order valence-corrected chi connectivity index (χ0v) is 15.2. The summed E-state index contributed by atoms with van der Waals surface area (Å²) >= 11 is 0. The molecule has 138 valence electrons. The second-order valence-electron chi connectivity index (χ2n) is 6.03. The maximum Gasteiger partial charge on any atom is 0.331 e. The summed E-state index contributed by atoms with van der Waals surface area (Å²) in [5, 5.41) is 0. The van der Waals surface area contributed by atoms with Crippen LogP contribution in [0, 0.1) is 0 Å². The Morgan fingerprint density at radius 3 is 2.00 bits per heavy atom. The molecule has 0 saturated heterocycles. The summed E-state index contributed by atoms with van der Waals surface area (Å²) in [6.07, 6.45) is 11.1. The van der Waals surface area contributed by atoms with Crippen molar-refractivity contribution in [2.45, 2.75) is 58.3 Å². The average Bonchev–Trinajstić information content (AvgIpc) is 2.63. The second-order valence-corrected chi connectivity index (χ2v) is 6.03. The first kappa shape index (κ1) is 20.9. The van der Waals surface area contributed by atoms with Gasteiger partial charge in [0.25, 0.3) is 0 Å². The molecule has 4 nitrogen and oxygen atoms in total. The topological polar surface area (TPSA) is 52.6 Å². The zero-order valence-electron chi connectivity index (χ0n) is 15.2. The number of unbranched alkanes of at least 4 members (excludes halogenated alkanes) is 6. The van der Waals surface area contributed by atoms with Crippen molar-refractivity contribution in [1.82, 2.24) is 0 Å². The Morgan fingerprint density at radius 2 is 1.36 bits per heavy atom. The molecule has 0 aliphatic heterocycles. The van der Waals surface area contributed by atoms with Crippen LogP contribution < -0.4 is 0 Å². The Balaban J connectivity index is 2.02. The van der Waals surface area contributed by atoms with Gasteiger partial charge in [0.2, 0.25) is 0 Å². The summed E-state index contributed by atoms with van der Waals surface area (Å²) in [7, 11) is 0. The van der Waals surface area contributed by atoms with Gasteiger partial charge in [-0.25, -0.2) is 9.59 Å². The highest BCUT2D eigenvalue weighted by Gasteiger charge is 2.01. The highest BCUT2D eigenvalue weighted by atomic mass is 16.5. The molecule has 0 amide bonds. The quantitative estimate of drug-likeness (QED) is 0.297. The lowest BCUT2D eigenvalue weighted by atomic mass is 10.1. The first-order valence-corrected chi connectivity index (χ1v) is 9.28. The van der Waals surface area contributed by atoms with Gasteiger partial charge in [-0.1, -0.05) is 75.8 Å². The Bertz CT molecular complexity index is 508. The van der Waals surface area contributed by atoms with Gasteiger partial charge in [0.1, 0.15) is 0 Å². The minimum atomic E-state index is -0.524. The van der Waals surface area contributed by atoms with Crippen LogP contribution in [0.1, 0.15) is 57.4 Å². The Morgan fingerprint density at radius 1 is 0.800 bits per heavy atom. The van der Waals surface area contributed by atoms with E-state index in [0.29, 0.717) is 19.6 Å². The molecule has 0 heterocycles. The van der Waals surface area contributed by atoms with Crippen LogP contribution in [-0.2, 0) is 25.5 Å². The van der Waals surface area contributed by atoms with Crippen molar-refractivity contribution in [3.8, 4) is 0 Å². The maximum absolute atomic E-state index is 11.5. The molecule has 0 N–H and O–H groups in total. The van der Waals surface area contributed by atoms with Crippen molar-refractivity contribution in [2.75, 3.05) is 13.2 Å². The second kappa shape index (κ2) is 14.3. The van der Waals surface area contributed by atoms with Crippen molar-refractivity contribution in [2.24, 2.45) is 0 Å². The van der Waals surface area contributed by atoms with Gasteiger partial charge < -0.3 is 9.47 Å². The molecule has 0 radical (unpaired) electrons. The molecule has 0 spiro atoms. The number of rotatable bonds is 13. The molecule has 25 heavy (non-hydrogen) atoms. The van der Waals surface area contributed by atoms with E-state index in [2.05, 4.69) is 6.92 Å². The summed E-state index contributed by atoms with van der Waals surface area (Å²) in [6, 6.07) is 9.78. The molecule has 0 aliphatic rings. The molecule has 4 heteroatoms. The highest BCUT2D eigenvalue weighted by molar-refractivity contribution is 5.91. The Hall–Kier alpha value is -2.10. The average molecular weight is 346 g/mol. The molecule has 1 aromatic carbocycles. The fraction of sp³-hybridized carbons (Fsp3) is 0.524. The number of hydrogen-bond acceptors (Lipinski definition) is 4. The largest absolute Gasteiger partial charge is 0.463 e. The molecule has 0 aliphatic carbocycles. The monoisotopic (exact) mass is 346 g/mol. The summed E-state index contributed by atoms with van der Waals surface area (Å²) in [5.41, 5.74) is 1.10. The fourth-order valence-corrected chi connectivity index (χ4v) is 2.38. The molecule has 0 atom stereocenters. The standard InChI is InChI=1S/C21H30O4/c1-2-3-4-5-6-7-11-17-24-20(22)14-15-21(23)25-18-16-19-12-9-8-10-13-19/h8-10,12-15H,2-7,11,16-18H2,1H3/b15-14+. The van der Waals surface area contributed by atoms with Crippen molar-refractivity contribution in [3.05, 3.63) is 48.0 Å². The van der Waals surface area contributed by atoms with Gasteiger partial charge in [-0.3, -0.25) is 0 Å². The molecule has 0 aromatic heterocycles. The van der Waals surface area contributed by atoms with Crippen molar-refractivity contribution < 1.29 is 19.1 Å². The number of benzene rings is 1. The summed E-state index contributed by atoms with van der Waals surface area (Å²) in [5.74, 6) is -1.02. The van der Waals surface area contributed by atoms with E-state index >= 15 is 0 Å². The summed E-state index contributed by atoms with van der Waals surface area (Å²) in [4.78, 5) is 23.0. The van der Waals surface area contributed by atoms with Gasteiger partial charge in [0.15, 0.2) is 0 Å². The van der Waals surface area contributed by atoms with Crippen molar-refractivity contribution in [1.29, 1.82) is 0 Å². The van der Waals surface area contributed by atoms with Gasteiger partial charge in [-0.15, -0.1) is 0 Å². The zero-order chi connectivity index (χ0) is 18.2. The normalized spacial score (nSPS) is 10.8. The molecule has 0 bridgehead atoms. The lowest BCUT2D eigenvalue weighted by Crippen LogP contribution is -2.07. The smallest absolute Gasteiger partial charge is 0.331 e. The third-order valence-corrected chi connectivity index (χ3v) is 3.83. The van der Waals surface area contributed by atoms with E-state index in [0.717, 1.165) is 30.6 Å². The van der Waals surface area contributed by atoms with Gasteiger partial charge in [-0.2, -0.15) is 0 Å². The summed E-state index contributed by atoms with van der Waals surface area (Å²) in [6.45, 7) is 2.90. The van der Waals surface area contributed by atoms with E-state index in [-0.39, 0.29) is 0 Å². The third-order valence-electron chi connectivity index (χ3n) is 3.83. The lowest BCUT2D eigenvalue weighted by Gasteiger charge is -2.03. The molecular formula is C21H30O4. The Labute approximate surface area is 151 Å². The van der Waals surface area contributed by atoms with Crippen LogP contribution in [0.15, 0.2) is 42.5 Å². The molecular weight excluding hydrogens is 316 g/mol. The minimum Gasteiger partial charge on any atom is -0.463 e. The number of carbonyl (C=O) groups excluding carboxylic acids is 2. The molecule has 0 saturated carbocycles.